The molecule has 0 aliphatic carbocycles. The third-order valence-corrected chi connectivity index (χ3v) is 5.63. The van der Waals surface area contributed by atoms with E-state index in [0.717, 1.165) is 5.56 Å². The van der Waals surface area contributed by atoms with E-state index in [1.807, 2.05) is 31.2 Å². The minimum atomic E-state index is -3.96. The molecule has 0 unspecified atom stereocenters. The van der Waals surface area contributed by atoms with Crippen LogP contribution in [0.4, 0.5) is 0 Å². The third-order valence-electron chi connectivity index (χ3n) is 4.28. The van der Waals surface area contributed by atoms with Crippen molar-refractivity contribution < 1.29 is 22.7 Å². The van der Waals surface area contributed by atoms with E-state index in [2.05, 4.69) is 9.71 Å². The summed E-state index contributed by atoms with van der Waals surface area (Å²) in [6.07, 6.45) is 2.44. The van der Waals surface area contributed by atoms with Crippen LogP contribution >= 0.6 is 0 Å². The summed E-state index contributed by atoms with van der Waals surface area (Å²) in [6, 6.07) is 11.0. The van der Waals surface area contributed by atoms with Gasteiger partial charge in [-0.1, -0.05) is 31.5 Å². The zero-order chi connectivity index (χ0) is 19.9. The molecule has 0 amide bonds. The molecule has 2 atom stereocenters. The summed E-state index contributed by atoms with van der Waals surface area (Å²) in [5.41, 5.74) is 0.937. The maximum absolute atomic E-state index is 12.6. The van der Waals surface area contributed by atoms with Crippen molar-refractivity contribution in [1.82, 2.24) is 9.71 Å². The molecule has 2 rings (SSSR count). The number of sulfonamides is 1. The minimum Gasteiger partial charge on any atom is -0.497 e. The quantitative estimate of drug-likeness (QED) is 0.657. The average molecular weight is 392 g/mol. The predicted molar refractivity (Wildman–Crippen MR) is 101 cm³/mol. The van der Waals surface area contributed by atoms with Gasteiger partial charge in [0.1, 0.15) is 11.8 Å². The van der Waals surface area contributed by atoms with Crippen LogP contribution in [-0.2, 0) is 26.0 Å². The summed E-state index contributed by atoms with van der Waals surface area (Å²) in [5, 5.41) is -0.143. The van der Waals surface area contributed by atoms with Gasteiger partial charge < -0.3 is 9.47 Å². The Kier molecular flexibility index (Phi) is 7.32. The summed E-state index contributed by atoms with van der Waals surface area (Å²) in [7, 11) is -1.14. The molecule has 0 spiro atoms. The van der Waals surface area contributed by atoms with Gasteiger partial charge in [0.15, 0.2) is 5.03 Å². The molecule has 1 N–H and O–H groups in total. The van der Waals surface area contributed by atoms with Crippen LogP contribution in [0.1, 0.15) is 18.9 Å². The molecule has 2 aromatic rings. The summed E-state index contributed by atoms with van der Waals surface area (Å²) >= 11 is 0. The molecular weight excluding hydrogens is 368 g/mol. The van der Waals surface area contributed by atoms with Gasteiger partial charge in [0.25, 0.3) is 10.0 Å². The second-order valence-corrected chi connectivity index (χ2v) is 7.67. The van der Waals surface area contributed by atoms with Crippen molar-refractivity contribution in [3.8, 4) is 5.75 Å². The molecule has 0 aliphatic heterocycles. The lowest BCUT2D eigenvalue weighted by molar-refractivity contribution is -0.144. The summed E-state index contributed by atoms with van der Waals surface area (Å²) < 4.78 is 37.8. The van der Waals surface area contributed by atoms with Gasteiger partial charge in [0, 0.05) is 6.20 Å². The first-order chi connectivity index (χ1) is 12.9. The Morgan fingerprint density at radius 1 is 1.19 bits per heavy atom. The van der Waals surface area contributed by atoms with E-state index in [1.165, 1.54) is 19.4 Å². The van der Waals surface area contributed by atoms with Gasteiger partial charge in [-0.3, -0.25) is 4.79 Å². The molecule has 146 valence electrons. The van der Waals surface area contributed by atoms with E-state index in [4.69, 9.17) is 9.47 Å². The number of pyridine rings is 1. The van der Waals surface area contributed by atoms with Crippen molar-refractivity contribution in [3.05, 3.63) is 54.2 Å². The number of hydrogen-bond acceptors (Lipinski definition) is 6. The molecule has 7 nitrogen and oxygen atoms in total. The molecule has 27 heavy (non-hydrogen) atoms. The number of ether oxygens (including phenoxy) is 2. The van der Waals surface area contributed by atoms with Crippen LogP contribution < -0.4 is 9.46 Å². The molecule has 0 bridgehead atoms. The van der Waals surface area contributed by atoms with Gasteiger partial charge in [0.2, 0.25) is 0 Å². The Labute approximate surface area is 159 Å². The first kappa shape index (κ1) is 20.9. The molecular formula is C19H24N2O5S. The van der Waals surface area contributed by atoms with Gasteiger partial charge >= 0.3 is 5.97 Å². The topological polar surface area (TPSA) is 94.6 Å². The van der Waals surface area contributed by atoms with E-state index >= 15 is 0 Å². The number of esters is 1. The number of hydrogen-bond donors (Lipinski definition) is 1. The number of nitrogens with one attached hydrogen (secondary N) is 1. The highest BCUT2D eigenvalue weighted by Gasteiger charge is 2.33. The first-order valence-corrected chi connectivity index (χ1v) is 10.0. The van der Waals surface area contributed by atoms with E-state index in [9.17, 15) is 13.2 Å². The van der Waals surface area contributed by atoms with E-state index < -0.39 is 22.0 Å². The van der Waals surface area contributed by atoms with Gasteiger partial charge in [-0.05, 0) is 42.2 Å². The highest BCUT2D eigenvalue weighted by molar-refractivity contribution is 7.89. The largest absolute Gasteiger partial charge is 0.497 e. The summed E-state index contributed by atoms with van der Waals surface area (Å²) in [6.45, 7) is 1.90. The number of carbonyl (C=O) groups excluding carboxylic acids is 1. The molecule has 1 heterocycles. The highest BCUT2D eigenvalue weighted by atomic mass is 32.2. The fourth-order valence-electron chi connectivity index (χ4n) is 2.80. The van der Waals surface area contributed by atoms with E-state index in [1.54, 1.807) is 19.2 Å². The molecule has 0 saturated carbocycles. The van der Waals surface area contributed by atoms with Crippen LogP contribution in [0.2, 0.25) is 0 Å². The van der Waals surface area contributed by atoms with Crippen LogP contribution in [-0.4, -0.2) is 39.6 Å². The summed E-state index contributed by atoms with van der Waals surface area (Å²) in [4.78, 5) is 16.2. The Bertz CT molecular complexity index is 855. The average Bonchev–Trinajstić information content (AvgIpc) is 2.70. The zero-order valence-electron chi connectivity index (χ0n) is 15.6. The Hall–Kier alpha value is -2.45. The van der Waals surface area contributed by atoms with Crippen molar-refractivity contribution in [2.75, 3.05) is 14.2 Å². The second kappa shape index (κ2) is 9.48. The number of methoxy groups -OCH3 is 2. The van der Waals surface area contributed by atoms with Crippen LogP contribution in [0.15, 0.2) is 53.7 Å². The molecule has 8 heteroatoms. The molecule has 0 saturated heterocycles. The maximum Gasteiger partial charge on any atom is 0.324 e. The number of aromatic nitrogens is 1. The van der Waals surface area contributed by atoms with Crippen molar-refractivity contribution >= 4 is 16.0 Å². The SMILES string of the molecule is CC[C@@H](Cc1cccc(OC)c1)[C@H](NS(=O)(=O)c1ccccn1)C(=O)OC. The van der Waals surface area contributed by atoms with Gasteiger partial charge in [-0.25, -0.2) is 13.4 Å². The normalized spacial score (nSPS) is 13.6. The number of benzene rings is 1. The van der Waals surface area contributed by atoms with Crippen molar-refractivity contribution in [2.45, 2.75) is 30.8 Å². The lowest BCUT2D eigenvalue weighted by atomic mass is 9.90. The van der Waals surface area contributed by atoms with E-state index in [-0.39, 0.29) is 10.9 Å². The van der Waals surface area contributed by atoms with Crippen molar-refractivity contribution in [3.63, 3.8) is 0 Å². The number of carbonyl (C=O) groups is 1. The van der Waals surface area contributed by atoms with Crippen LogP contribution in [0.5, 0.6) is 5.75 Å². The summed E-state index contributed by atoms with van der Waals surface area (Å²) in [5.74, 6) is -0.238. The monoisotopic (exact) mass is 392 g/mol. The van der Waals surface area contributed by atoms with Gasteiger partial charge in [0.05, 0.1) is 14.2 Å². The van der Waals surface area contributed by atoms with Crippen LogP contribution in [0, 0.1) is 5.92 Å². The van der Waals surface area contributed by atoms with Crippen LogP contribution in [0.25, 0.3) is 0 Å². The fourth-order valence-corrected chi connectivity index (χ4v) is 4.00. The predicted octanol–water partition coefficient (Wildman–Crippen LogP) is 2.18. The smallest absolute Gasteiger partial charge is 0.324 e. The fraction of sp³-hybridized carbons (Fsp3) is 0.368. The molecule has 1 aromatic carbocycles. The third kappa shape index (κ3) is 5.51. The van der Waals surface area contributed by atoms with Crippen LogP contribution in [0.3, 0.4) is 0 Å². The Morgan fingerprint density at radius 2 is 1.96 bits per heavy atom. The maximum atomic E-state index is 12.6. The molecule has 0 fully saturated rings. The van der Waals surface area contributed by atoms with Gasteiger partial charge in [-0.2, -0.15) is 4.72 Å². The van der Waals surface area contributed by atoms with E-state index in [0.29, 0.717) is 18.6 Å². The highest BCUT2D eigenvalue weighted by Crippen LogP contribution is 2.22. The standard InChI is InChI=1S/C19H24N2O5S/c1-4-15(12-14-8-7-9-16(13-14)25-2)18(19(22)26-3)21-27(23,24)17-10-5-6-11-20-17/h5-11,13,15,18,21H,4,12H2,1-3H3/t15-,18-/m0/s1. The van der Waals surface area contributed by atoms with Crippen molar-refractivity contribution in [2.24, 2.45) is 5.92 Å². The van der Waals surface area contributed by atoms with Gasteiger partial charge in [-0.15, -0.1) is 0 Å². The second-order valence-electron chi connectivity index (χ2n) is 6.01. The Balaban J connectivity index is 2.28. The lowest BCUT2D eigenvalue weighted by Gasteiger charge is -2.25. The lowest BCUT2D eigenvalue weighted by Crippen LogP contribution is -2.47. The molecule has 0 aliphatic rings. The number of nitrogens with zero attached hydrogens (tertiary/aromatic N) is 1. The zero-order valence-corrected chi connectivity index (χ0v) is 16.4. The Morgan fingerprint density at radius 3 is 2.56 bits per heavy atom. The first-order valence-electron chi connectivity index (χ1n) is 8.55. The minimum absolute atomic E-state index is 0.143. The van der Waals surface area contributed by atoms with Crippen molar-refractivity contribution in [1.29, 1.82) is 0 Å². The molecule has 0 radical (unpaired) electrons. The molecule has 1 aromatic heterocycles. The number of rotatable bonds is 9.